The molecule has 0 aliphatic carbocycles. The Bertz CT molecular complexity index is 1050. The van der Waals surface area contributed by atoms with E-state index in [1.165, 1.54) is 12.1 Å². The molecule has 2 N–H and O–H groups in total. The predicted molar refractivity (Wildman–Crippen MR) is 121 cm³/mol. The van der Waals surface area contributed by atoms with E-state index in [4.69, 9.17) is 9.47 Å². The van der Waals surface area contributed by atoms with E-state index in [1.54, 1.807) is 24.3 Å². The number of esters is 1. The van der Waals surface area contributed by atoms with E-state index in [2.05, 4.69) is 17.2 Å². The van der Waals surface area contributed by atoms with Crippen LogP contribution >= 0.6 is 0 Å². The highest BCUT2D eigenvalue weighted by Crippen LogP contribution is 2.40. The number of ether oxygens (including phenoxy) is 2. The summed E-state index contributed by atoms with van der Waals surface area (Å²) in [5.41, 5.74) is 1.12. The molecule has 0 amide bonds. The molecule has 0 fully saturated rings. The SMILES string of the molecule is CCCCCCOC(=O)c1c(O)ccc(O)c1Oc1ccc(N=Nc2ccccc2)cc1. The van der Waals surface area contributed by atoms with Crippen LogP contribution in [0.2, 0.25) is 0 Å². The highest BCUT2D eigenvalue weighted by Gasteiger charge is 2.23. The monoisotopic (exact) mass is 434 g/mol. The van der Waals surface area contributed by atoms with Crippen LogP contribution in [-0.4, -0.2) is 22.8 Å². The Morgan fingerprint density at radius 1 is 0.812 bits per heavy atom. The molecule has 0 saturated heterocycles. The first-order valence-corrected chi connectivity index (χ1v) is 10.5. The largest absolute Gasteiger partial charge is 0.507 e. The van der Waals surface area contributed by atoms with Crippen molar-refractivity contribution >= 4 is 17.3 Å². The topological polar surface area (TPSA) is 101 Å². The first-order chi connectivity index (χ1) is 15.6. The second-order valence-corrected chi connectivity index (χ2v) is 7.14. The Labute approximate surface area is 187 Å². The molecule has 0 heterocycles. The lowest BCUT2D eigenvalue weighted by molar-refractivity contribution is 0.0491. The van der Waals surface area contributed by atoms with Crippen molar-refractivity contribution < 1.29 is 24.5 Å². The molecule has 0 spiro atoms. The van der Waals surface area contributed by atoms with E-state index in [-0.39, 0.29) is 29.4 Å². The van der Waals surface area contributed by atoms with Gasteiger partial charge in [-0.05, 0) is 55.0 Å². The maximum atomic E-state index is 12.5. The lowest BCUT2D eigenvalue weighted by Gasteiger charge is -2.14. The molecular formula is C25H26N2O5. The van der Waals surface area contributed by atoms with Gasteiger partial charge in [-0.2, -0.15) is 10.2 Å². The normalized spacial score (nSPS) is 10.9. The Morgan fingerprint density at radius 2 is 1.47 bits per heavy atom. The van der Waals surface area contributed by atoms with E-state index in [9.17, 15) is 15.0 Å². The van der Waals surface area contributed by atoms with Crippen LogP contribution in [0, 0.1) is 0 Å². The van der Waals surface area contributed by atoms with Crippen LogP contribution in [0.4, 0.5) is 11.4 Å². The van der Waals surface area contributed by atoms with Crippen molar-refractivity contribution in [1.29, 1.82) is 0 Å². The number of hydrogen-bond acceptors (Lipinski definition) is 7. The summed E-state index contributed by atoms with van der Waals surface area (Å²) in [6, 6.07) is 18.5. The van der Waals surface area contributed by atoms with Gasteiger partial charge in [0.15, 0.2) is 11.5 Å². The second-order valence-electron chi connectivity index (χ2n) is 7.14. The molecule has 166 valence electrons. The van der Waals surface area contributed by atoms with Gasteiger partial charge in [0, 0.05) is 0 Å². The number of carbonyl (C=O) groups is 1. The molecule has 0 saturated carbocycles. The van der Waals surface area contributed by atoms with Crippen molar-refractivity contribution in [3.05, 3.63) is 72.3 Å². The molecule has 0 aliphatic heterocycles. The number of aromatic hydroxyl groups is 2. The fourth-order valence-electron chi connectivity index (χ4n) is 2.94. The first kappa shape index (κ1) is 22.8. The van der Waals surface area contributed by atoms with E-state index in [0.29, 0.717) is 11.4 Å². The predicted octanol–water partition coefficient (Wildman–Crippen LogP) is 7.04. The number of phenolic OH excluding ortho intramolecular Hbond substituents is 2. The molecule has 3 aromatic carbocycles. The van der Waals surface area contributed by atoms with Crippen LogP contribution in [0.3, 0.4) is 0 Å². The van der Waals surface area contributed by atoms with Crippen LogP contribution in [0.1, 0.15) is 43.0 Å². The zero-order chi connectivity index (χ0) is 22.8. The number of nitrogens with zero attached hydrogens (tertiary/aromatic N) is 2. The zero-order valence-corrected chi connectivity index (χ0v) is 17.9. The van der Waals surface area contributed by atoms with Gasteiger partial charge < -0.3 is 19.7 Å². The lowest BCUT2D eigenvalue weighted by atomic mass is 10.1. The van der Waals surface area contributed by atoms with E-state index >= 15 is 0 Å². The Kier molecular flexibility index (Phi) is 8.20. The van der Waals surface area contributed by atoms with E-state index in [0.717, 1.165) is 31.4 Å². The number of azo groups is 1. The Balaban J connectivity index is 1.72. The minimum atomic E-state index is -0.752. The number of benzene rings is 3. The number of unbranched alkanes of at least 4 members (excludes halogenated alkanes) is 3. The molecule has 32 heavy (non-hydrogen) atoms. The summed E-state index contributed by atoms with van der Waals surface area (Å²) in [6.45, 7) is 2.33. The molecule has 0 bridgehead atoms. The summed E-state index contributed by atoms with van der Waals surface area (Å²) < 4.78 is 11.0. The summed E-state index contributed by atoms with van der Waals surface area (Å²) in [7, 11) is 0. The van der Waals surface area contributed by atoms with Crippen LogP contribution < -0.4 is 4.74 Å². The summed E-state index contributed by atoms with van der Waals surface area (Å²) in [4.78, 5) is 12.5. The van der Waals surface area contributed by atoms with Gasteiger partial charge in [0.1, 0.15) is 17.1 Å². The number of carbonyl (C=O) groups excluding carboxylic acids is 1. The molecule has 7 heteroatoms. The molecule has 7 nitrogen and oxygen atoms in total. The highest BCUT2D eigenvalue weighted by molar-refractivity contribution is 5.96. The molecular weight excluding hydrogens is 408 g/mol. The van der Waals surface area contributed by atoms with Gasteiger partial charge in [-0.3, -0.25) is 0 Å². The number of hydrogen-bond donors (Lipinski definition) is 2. The number of phenols is 2. The number of rotatable bonds is 10. The van der Waals surface area contributed by atoms with Crippen LogP contribution in [0.5, 0.6) is 23.0 Å². The fourth-order valence-corrected chi connectivity index (χ4v) is 2.94. The minimum absolute atomic E-state index is 0.165. The second kappa shape index (κ2) is 11.5. The van der Waals surface area contributed by atoms with Crippen molar-refractivity contribution in [2.24, 2.45) is 10.2 Å². The van der Waals surface area contributed by atoms with Crippen molar-refractivity contribution in [2.75, 3.05) is 6.61 Å². The van der Waals surface area contributed by atoms with Crippen LogP contribution in [0.25, 0.3) is 0 Å². The summed E-state index contributed by atoms with van der Waals surface area (Å²) in [5, 5.41) is 28.8. The molecule has 0 unspecified atom stereocenters. The highest BCUT2D eigenvalue weighted by atomic mass is 16.5. The van der Waals surface area contributed by atoms with Gasteiger partial charge in [0.25, 0.3) is 0 Å². The Hall–Kier alpha value is -3.87. The maximum absolute atomic E-state index is 12.5. The van der Waals surface area contributed by atoms with Gasteiger partial charge in [0.05, 0.1) is 18.0 Å². The quantitative estimate of drug-likeness (QED) is 0.154. The van der Waals surface area contributed by atoms with Crippen LogP contribution in [-0.2, 0) is 4.74 Å². The molecule has 0 aliphatic rings. The third-order valence-corrected chi connectivity index (χ3v) is 4.64. The third-order valence-electron chi connectivity index (χ3n) is 4.64. The minimum Gasteiger partial charge on any atom is -0.507 e. The third kappa shape index (κ3) is 6.31. The van der Waals surface area contributed by atoms with E-state index in [1.807, 2.05) is 30.3 Å². The summed E-state index contributed by atoms with van der Waals surface area (Å²) in [5.74, 6) is -1.18. The lowest BCUT2D eigenvalue weighted by Crippen LogP contribution is -2.08. The summed E-state index contributed by atoms with van der Waals surface area (Å²) >= 11 is 0. The first-order valence-electron chi connectivity index (χ1n) is 10.5. The van der Waals surface area contributed by atoms with Crippen LogP contribution in [0.15, 0.2) is 77.0 Å². The van der Waals surface area contributed by atoms with Gasteiger partial charge in [0.2, 0.25) is 0 Å². The molecule has 3 rings (SSSR count). The van der Waals surface area contributed by atoms with Crippen molar-refractivity contribution in [3.8, 4) is 23.0 Å². The van der Waals surface area contributed by atoms with Crippen molar-refractivity contribution in [1.82, 2.24) is 0 Å². The average Bonchev–Trinajstić information content (AvgIpc) is 2.81. The zero-order valence-electron chi connectivity index (χ0n) is 17.9. The fraction of sp³-hybridized carbons (Fsp3) is 0.240. The molecule has 0 radical (unpaired) electrons. The average molecular weight is 434 g/mol. The smallest absolute Gasteiger partial charge is 0.345 e. The van der Waals surface area contributed by atoms with E-state index < -0.39 is 5.97 Å². The van der Waals surface area contributed by atoms with Gasteiger partial charge in [-0.15, -0.1) is 0 Å². The van der Waals surface area contributed by atoms with Gasteiger partial charge in [-0.1, -0.05) is 44.4 Å². The van der Waals surface area contributed by atoms with Crippen molar-refractivity contribution in [2.45, 2.75) is 32.6 Å². The molecule has 0 aromatic heterocycles. The maximum Gasteiger partial charge on any atom is 0.345 e. The molecule has 0 atom stereocenters. The standard InChI is InChI=1S/C25H26N2O5/c1-2-3-4-8-17-31-25(30)23-21(28)15-16-22(29)24(23)32-20-13-11-19(12-14-20)27-26-18-9-6-5-7-10-18/h5-7,9-16,28-29H,2-4,8,17H2,1H3. The van der Waals surface area contributed by atoms with Gasteiger partial charge in [-0.25, -0.2) is 4.79 Å². The molecule has 3 aromatic rings. The van der Waals surface area contributed by atoms with Gasteiger partial charge >= 0.3 is 5.97 Å². The van der Waals surface area contributed by atoms with Crippen molar-refractivity contribution in [3.63, 3.8) is 0 Å². The summed E-state index contributed by atoms with van der Waals surface area (Å²) in [6.07, 6.45) is 3.82. The Morgan fingerprint density at radius 3 is 2.16 bits per heavy atom.